The SMILES string of the molecule is CCOC(=O)Cc1c(C#N)ccc(CO)c1Br. The van der Waals surface area contributed by atoms with Crippen molar-refractivity contribution in [2.24, 2.45) is 0 Å². The molecule has 1 aromatic rings. The number of nitriles is 1. The van der Waals surface area contributed by atoms with Gasteiger partial charge in [0.1, 0.15) is 0 Å². The standard InChI is InChI=1S/C12H12BrNO3/c1-2-17-11(16)5-10-8(6-14)3-4-9(7-15)12(10)13/h3-4,15H,2,5,7H2,1H3. The predicted octanol–water partition coefficient (Wildman–Crippen LogP) is 1.92. The molecule has 0 aliphatic heterocycles. The van der Waals surface area contributed by atoms with E-state index in [9.17, 15) is 4.79 Å². The molecule has 0 spiro atoms. The van der Waals surface area contributed by atoms with Gasteiger partial charge in [-0.25, -0.2) is 0 Å². The summed E-state index contributed by atoms with van der Waals surface area (Å²) in [5.74, 6) is -0.389. The highest BCUT2D eigenvalue weighted by atomic mass is 79.9. The van der Waals surface area contributed by atoms with Crippen LogP contribution in [-0.4, -0.2) is 17.7 Å². The van der Waals surface area contributed by atoms with Crippen molar-refractivity contribution in [3.8, 4) is 6.07 Å². The van der Waals surface area contributed by atoms with Crippen molar-refractivity contribution in [2.75, 3.05) is 6.61 Å². The van der Waals surface area contributed by atoms with Crippen LogP contribution in [0, 0.1) is 11.3 Å². The maximum Gasteiger partial charge on any atom is 0.310 e. The van der Waals surface area contributed by atoms with Crippen molar-refractivity contribution in [1.29, 1.82) is 5.26 Å². The van der Waals surface area contributed by atoms with Crippen molar-refractivity contribution < 1.29 is 14.6 Å². The fourth-order valence-corrected chi connectivity index (χ4v) is 2.04. The predicted molar refractivity (Wildman–Crippen MR) is 65.1 cm³/mol. The highest BCUT2D eigenvalue weighted by Gasteiger charge is 2.15. The van der Waals surface area contributed by atoms with Gasteiger partial charge >= 0.3 is 5.97 Å². The van der Waals surface area contributed by atoms with E-state index in [2.05, 4.69) is 15.9 Å². The average Bonchev–Trinajstić information content (AvgIpc) is 2.32. The van der Waals surface area contributed by atoms with E-state index in [1.165, 1.54) is 0 Å². The number of rotatable bonds is 4. The van der Waals surface area contributed by atoms with Crippen LogP contribution in [0.5, 0.6) is 0 Å². The summed E-state index contributed by atoms with van der Waals surface area (Å²) >= 11 is 3.29. The molecule has 0 atom stereocenters. The maximum absolute atomic E-state index is 11.4. The Bertz CT molecular complexity index is 466. The molecule has 0 radical (unpaired) electrons. The first kappa shape index (κ1) is 13.7. The summed E-state index contributed by atoms with van der Waals surface area (Å²) in [7, 11) is 0. The number of esters is 1. The summed E-state index contributed by atoms with van der Waals surface area (Å²) < 4.78 is 5.43. The molecule has 0 heterocycles. The van der Waals surface area contributed by atoms with Crippen LogP contribution in [-0.2, 0) is 22.6 Å². The van der Waals surface area contributed by atoms with E-state index in [0.717, 1.165) is 0 Å². The maximum atomic E-state index is 11.4. The zero-order valence-corrected chi connectivity index (χ0v) is 11.0. The fourth-order valence-electron chi connectivity index (χ4n) is 1.43. The highest BCUT2D eigenvalue weighted by molar-refractivity contribution is 9.10. The molecule has 1 rings (SSSR count). The second-order valence-electron chi connectivity index (χ2n) is 3.32. The van der Waals surface area contributed by atoms with Crippen LogP contribution in [0.15, 0.2) is 16.6 Å². The molecule has 0 bridgehead atoms. The van der Waals surface area contributed by atoms with Gasteiger partial charge in [-0.2, -0.15) is 5.26 Å². The Morgan fingerprint density at radius 3 is 2.82 bits per heavy atom. The van der Waals surface area contributed by atoms with Crippen molar-refractivity contribution in [2.45, 2.75) is 20.0 Å². The number of aliphatic hydroxyl groups excluding tert-OH is 1. The van der Waals surface area contributed by atoms with E-state index in [0.29, 0.717) is 27.8 Å². The molecule has 0 amide bonds. The van der Waals surface area contributed by atoms with Crippen LogP contribution < -0.4 is 0 Å². The third kappa shape index (κ3) is 3.29. The van der Waals surface area contributed by atoms with E-state index in [-0.39, 0.29) is 19.0 Å². The minimum atomic E-state index is -0.389. The molecular weight excluding hydrogens is 286 g/mol. The van der Waals surface area contributed by atoms with Crippen LogP contribution in [0.25, 0.3) is 0 Å². The minimum absolute atomic E-state index is 0.0190. The van der Waals surface area contributed by atoms with Crippen LogP contribution in [0.2, 0.25) is 0 Å². The Labute approximate surface area is 108 Å². The number of ether oxygens (including phenoxy) is 1. The molecule has 1 N–H and O–H groups in total. The number of hydrogen-bond donors (Lipinski definition) is 1. The second-order valence-corrected chi connectivity index (χ2v) is 4.11. The number of hydrogen-bond acceptors (Lipinski definition) is 4. The molecule has 0 aliphatic carbocycles. The summed E-state index contributed by atoms with van der Waals surface area (Å²) in [6.45, 7) is 1.88. The first-order valence-electron chi connectivity index (χ1n) is 5.10. The number of benzene rings is 1. The Hall–Kier alpha value is -1.38. The number of aliphatic hydroxyl groups is 1. The van der Waals surface area contributed by atoms with Gasteiger partial charge in [0, 0.05) is 4.47 Å². The van der Waals surface area contributed by atoms with Crippen molar-refractivity contribution in [3.05, 3.63) is 33.3 Å². The molecule has 0 aromatic heterocycles. The lowest BCUT2D eigenvalue weighted by molar-refractivity contribution is -0.142. The zero-order chi connectivity index (χ0) is 12.8. The van der Waals surface area contributed by atoms with Gasteiger partial charge in [-0.1, -0.05) is 22.0 Å². The number of halogens is 1. The van der Waals surface area contributed by atoms with Gasteiger partial charge in [-0.05, 0) is 24.1 Å². The van der Waals surface area contributed by atoms with Gasteiger partial charge < -0.3 is 9.84 Å². The lowest BCUT2D eigenvalue weighted by Gasteiger charge is -2.09. The lowest BCUT2D eigenvalue weighted by atomic mass is 10.0. The van der Waals surface area contributed by atoms with Gasteiger partial charge in [-0.3, -0.25) is 4.79 Å². The molecule has 1 aromatic carbocycles. The molecule has 5 heteroatoms. The normalized spacial score (nSPS) is 9.76. The van der Waals surface area contributed by atoms with Crippen molar-refractivity contribution >= 4 is 21.9 Å². The van der Waals surface area contributed by atoms with E-state index >= 15 is 0 Å². The molecule has 0 fully saturated rings. The Balaban J connectivity index is 3.11. The van der Waals surface area contributed by atoms with Gasteiger partial charge in [0.25, 0.3) is 0 Å². The first-order valence-corrected chi connectivity index (χ1v) is 5.90. The van der Waals surface area contributed by atoms with E-state index < -0.39 is 0 Å². The smallest absolute Gasteiger partial charge is 0.310 e. The largest absolute Gasteiger partial charge is 0.466 e. The fraction of sp³-hybridized carbons (Fsp3) is 0.333. The monoisotopic (exact) mass is 297 g/mol. The molecular formula is C12H12BrNO3. The summed E-state index contributed by atoms with van der Waals surface area (Å²) in [6, 6.07) is 5.25. The van der Waals surface area contributed by atoms with E-state index in [1.807, 2.05) is 6.07 Å². The first-order chi connectivity index (χ1) is 8.13. The Morgan fingerprint density at radius 1 is 1.59 bits per heavy atom. The molecule has 0 saturated carbocycles. The zero-order valence-electron chi connectivity index (χ0n) is 9.36. The number of nitrogens with zero attached hydrogens (tertiary/aromatic N) is 1. The topological polar surface area (TPSA) is 70.3 Å². The van der Waals surface area contributed by atoms with Crippen LogP contribution >= 0.6 is 15.9 Å². The van der Waals surface area contributed by atoms with E-state index in [4.69, 9.17) is 15.1 Å². The van der Waals surface area contributed by atoms with Gasteiger partial charge in [-0.15, -0.1) is 0 Å². The molecule has 0 aliphatic rings. The van der Waals surface area contributed by atoms with Gasteiger partial charge in [0.05, 0.1) is 31.3 Å². The van der Waals surface area contributed by atoms with Crippen molar-refractivity contribution in [1.82, 2.24) is 0 Å². The van der Waals surface area contributed by atoms with Crippen LogP contribution in [0.1, 0.15) is 23.6 Å². The third-order valence-electron chi connectivity index (χ3n) is 2.24. The number of carbonyl (C=O) groups is 1. The highest BCUT2D eigenvalue weighted by Crippen LogP contribution is 2.26. The van der Waals surface area contributed by atoms with Crippen LogP contribution in [0.3, 0.4) is 0 Å². The van der Waals surface area contributed by atoms with Gasteiger partial charge in [0.15, 0.2) is 0 Å². The average molecular weight is 298 g/mol. The molecule has 17 heavy (non-hydrogen) atoms. The number of carbonyl (C=O) groups excluding carboxylic acids is 1. The minimum Gasteiger partial charge on any atom is -0.466 e. The summed E-state index contributed by atoms with van der Waals surface area (Å²) in [5, 5.41) is 18.1. The molecule has 4 nitrogen and oxygen atoms in total. The third-order valence-corrected chi connectivity index (χ3v) is 3.23. The second kappa shape index (κ2) is 6.38. The Kier molecular flexibility index (Phi) is 5.13. The van der Waals surface area contributed by atoms with Gasteiger partial charge in [0.2, 0.25) is 0 Å². The lowest BCUT2D eigenvalue weighted by Crippen LogP contribution is -2.10. The molecule has 90 valence electrons. The summed E-state index contributed by atoms with van der Waals surface area (Å²) in [6.07, 6.45) is 0.0190. The van der Waals surface area contributed by atoms with E-state index in [1.54, 1.807) is 19.1 Å². The van der Waals surface area contributed by atoms with Crippen LogP contribution in [0.4, 0.5) is 0 Å². The van der Waals surface area contributed by atoms with Crippen molar-refractivity contribution in [3.63, 3.8) is 0 Å². The quantitative estimate of drug-likeness (QED) is 0.862. The molecule has 0 saturated heterocycles. The Morgan fingerprint density at radius 2 is 2.29 bits per heavy atom. The summed E-state index contributed by atoms with van der Waals surface area (Å²) in [5.41, 5.74) is 1.60. The summed E-state index contributed by atoms with van der Waals surface area (Å²) in [4.78, 5) is 11.4. The molecule has 0 unspecified atom stereocenters.